The molecule has 0 atom stereocenters. The number of phenolic OH excluding ortho intramolecular Hbond substituents is 2. The summed E-state index contributed by atoms with van der Waals surface area (Å²) in [5.41, 5.74) is 2.52. The molecular formula is C13H13N3O5. The number of aromatic hydroxyl groups is 2. The highest BCUT2D eigenvalue weighted by molar-refractivity contribution is 5.91. The van der Waals surface area contributed by atoms with Crippen molar-refractivity contribution in [3.63, 3.8) is 0 Å². The Morgan fingerprint density at radius 3 is 3.05 bits per heavy atom. The molecule has 0 fully saturated rings. The number of hydrogen-bond donors (Lipinski definition) is 3. The van der Waals surface area contributed by atoms with Crippen molar-refractivity contribution in [2.24, 2.45) is 5.10 Å². The first-order valence-corrected chi connectivity index (χ1v) is 6.04. The van der Waals surface area contributed by atoms with Crippen molar-refractivity contribution in [3.05, 3.63) is 35.9 Å². The molecule has 0 bridgehead atoms. The van der Waals surface area contributed by atoms with Crippen molar-refractivity contribution in [2.45, 2.75) is 6.92 Å². The molecule has 2 rings (SSSR count). The zero-order valence-electron chi connectivity index (χ0n) is 11.1. The number of carbonyl (C=O) groups excluding carboxylic acids is 1. The van der Waals surface area contributed by atoms with Crippen LogP contribution in [0.5, 0.6) is 17.4 Å². The van der Waals surface area contributed by atoms with Gasteiger partial charge in [0.15, 0.2) is 0 Å². The van der Waals surface area contributed by atoms with Crippen LogP contribution in [0.1, 0.15) is 23.2 Å². The molecule has 1 amide bonds. The van der Waals surface area contributed by atoms with Gasteiger partial charge in [-0.2, -0.15) is 5.10 Å². The molecule has 2 aromatic rings. The maximum Gasteiger partial charge on any atom is 0.327 e. The highest BCUT2D eigenvalue weighted by Crippen LogP contribution is 2.20. The standard InChI is InChI=1S/C13H13N3O5/c1-2-20-11-7-14-13(21-11)12(19)16-15-6-8-3-4-9(17)5-10(8)18/h3-7,17-18H,2H2,1H3,(H,16,19)/b15-6-. The van der Waals surface area contributed by atoms with E-state index >= 15 is 0 Å². The van der Waals surface area contributed by atoms with Crippen LogP contribution < -0.4 is 10.2 Å². The second-order valence-corrected chi connectivity index (χ2v) is 3.86. The largest absolute Gasteiger partial charge is 0.508 e. The molecule has 0 aliphatic rings. The molecule has 8 heteroatoms. The molecule has 0 radical (unpaired) electrons. The Balaban J connectivity index is 1.98. The van der Waals surface area contributed by atoms with Gasteiger partial charge in [-0.15, -0.1) is 0 Å². The van der Waals surface area contributed by atoms with Crippen LogP contribution in [0.15, 0.2) is 33.9 Å². The minimum atomic E-state index is -0.657. The van der Waals surface area contributed by atoms with Crippen molar-refractivity contribution in [1.82, 2.24) is 10.4 Å². The topological polar surface area (TPSA) is 117 Å². The van der Waals surface area contributed by atoms with E-state index in [0.717, 1.165) is 6.07 Å². The number of amides is 1. The summed E-state index contributed by atoms with van der Waals surface area (Å²) in [7, 11) is 0. The van der Waals surface area contributed by atoms with E-state index in [1.807, 2.05) is 0 Å². The fourth-order valence-corrected chi connectivity index (χ4v) is 1.42. The Bertz CT molecular complexity index is 666. The number of nitrogens with zero attached hydrogens (tertiary/aromatic N) is 2. The first-order chi connectivity index (χ1) is 10.1. The molecule has 21 heavy (non-hydrogen) atoms. The molecule has 0 unspecified atom stereocenters. The molecule has 0 saturated carbocycles. The van der Waals surface area contributed by atoms with Gasteiger partial charge < -0.3 is 19.4 Å². The van der Waals surface area contributed by atoms with Gasteiger partial charge in [-0.25, -0.2) is 10.4 Å². The van der Waals surface area contributed by atoms with Crippen LogP contribution in [0.25, 0.3) is 0 Å². The molecule has 8 nitrogen and oxygen atoms in total. The SMILES string of the molecule is CCOc1cnc(C(=O)N/N=C\c2ccc(O)cc2O)o1. The number of hydrazone groups is 1. The third kappa shape index (κ3) is 3.72. The van der Waals surface area contributed by atoms with Gasteiger partial charge in [-0.1, -0.05) is 0 Å². The number of hydrogen-bond acceptors (Lipinski definition) is 7. The fourth-order valence-electron chi connectivity index (χ4n) is 1.42. The van der Waals surface area contributed by atoms with Crippen molar-refractivity contribution < 1.29 is 24.2 Å². The Labute approximate surface area is 119 Å². The summed E-state index contributed by atoms with van der Waals surface area (Å²) >= 11 is 0. The van der Waals surface area contributed by atoms with Crippen LogP contribution in [0.4, 0.5) is 0 Å². The maximum atomic E-state index is 11.7. The molecule has 1 aromatic carbocycles. The van der Waals surface area contributed by atoms with Crippen LogP contribution >= 0.6 is 0 Å². The quantitative estimate of drug-likeness (QED) is 0.563. The minimum absolute atomic E-state index is 0.0723. The summed E-state index contributed by atoms with van der Waals surface area (Å²) in [6.07, 6.45) is 2.51. The van der Waals surface area contributed by atoms with Gasteiger partial charge in [0.1, 0.15) is 17.7 Å². The average molecular weight is 291 g/mol. The highest BCUT2D eigenvalue weighted by atomic mass is 16.6. The molecule has 1 heterocycles. The number of aromatic nitrogens is 1. The Morgan fingerprint density at radius 1 is 1.52 bits per heavy atom. The van der Waals surface area contributed by atoms with Gasteiger partial charge >= 0.3 is 11.9 Å². The molecular weight excluding hydrogens is 278 g/mol. The van der Waals surface area contributed by atoms with Gasteiger partial charge in [-0.05, 0) is 19.1 Å². The third-order valence-electron chi connectivity index (χ3n) is 2.35. The highest BCUT2D eigenvalue weighted by Gasteiger charge is 2.12. The van der Waals surface area contributed by atoms with E-state index in [1.165, 1.54) is 24.5 Å². The van der Waals surface area contributed by atoms with Gasteiger partial charge in [0.2, 0.25) is 0 Å². The van der Waals surface area contributed by atoms with Crippen LogP contribution in [0.3, 0.4) is 0 Å². The summed E-state index contributed by atoms with van der Waals surface area (Å²) in [5, 5.41) is 22.3. The van der Waals surface area contributed by atoms with Crippen LogP contribution in [-0.4, -0.2) is 33.9 Å². The third-order valence-corrected chi connectivity index (χ3v) is 2.35. The van der Waals surface area contributed by atoms with Gasteiger partial charge in [0, 0.05) is 11.6 Å². The van der Waals surface area contributed by atoms with E-state index in [1.54, 1.807) is 6.92 Å². The number of oxazole rings is 1. The summed E-state index contributed by atoms with van der Waals surface area (Å²) in [5.74, 6) is -0.941. The second-order valence-electron chi connectivity index (χ2n) is 3.86. The zero-order valence-corrected chi connectivity index (χ0v) is 11.1. The van der Waals surface area contributed by atoms with E-state index in [9.17, 15) is 9.90 Å². The van der Waals surface area contributed by atoms with Crippen LogP contribution in [-0.2, 0) is 0 Å². The smallest absolute Gasteiger partial charge is 0.327 e. The lowest BCUT2D eigenvalue weighted by Gasteiger charge is -1.99. The molecule has 0 aliphatic carbocycles. The normalized spacial score (nSPS) is 10.7. The van der Waals surface area contributed by atoms with E-state index in [4.69, 9.17) is 14.3 Å². The number of nitrogens with one attached hydrogen (secondary N) is 1. The summed E-state index contributed by atoms with van der Waals surface area (Å²) < 4.78 is 10.1. The first-order valence-electron chi connectivity index (χ1n) is 6.04. The summed E-state index contributed by atoms with van der Waals surface area (Å²) in [4.78, 5) is 15.4. The van der Waals surface area contributed by atoms with Gasteiger partial charge in [0.25, 0.3) is 5.89 Å². The van der Waals surface area contributed by atoms with E-state index in [0.29, 0.717) is 12.2 Å². The minimum Gasteiger partial charge on any atom is -0.508 e. The Morgan fingerprint density at radius 2 is 2.33 bits per heavy atom. The summed E-state index contributed by atoms with van der Waals surface area (Å²) in [6, 6.07) is 3.98. The molecule has 0 saturated heterocycles. The lowest BCUT2D eigenvalue weighted by Crippen LogP contribution is -2.17. The summed E-state index contributed by atoms with van der Waals surface area (Å²) in [6.45, 7) is 2.17. The van der Waals surface area contributed by atoms with E-state index < -0.39 is 5.91 Å². The number of phenols is 2. The van der Waals surface area contributed by atoms with Crippen molar-refractivity contribution in [3.8, 4) is 17.4 Å². The number of ether oxygens (including phenoxy) is 1. The Hall–Kier alpha value is -3.03. The van der Waals surface area contributed by atoms with E-state index in [-0.39, 0.29) is 23.3 Å². The van der Waals surface area contributed by atoms with Crippen molar-refractivity contribution >= 4 is 12.1 Å². The van der Waals surface area contributed by atoms with Crippen LogP contribution in [0, 0.1) is 0 Å². The Kier molecular flexibility index (Phi) is 4.39. The van der Waals surface area contributed by atoms with Gasteiger partial charge in [-0.3, -0.25) is 4.79 Å². The zero-order chi connectivity index (χ0) is 15.2. The first kappa shape index (κ1) is 14.4. The second kappa shape index (κ2) is 6.42. The molecule has 0 spiro atoms. The van der Waals surface area contributed by atoms with Crippen molar-refractivity contribution in [2.75, 3.05) is 6.61 Å². The monoisotopic (exact) mass is 291 g/mol. The maximum absolute atomic E-state index is 11.7. The number of carbonyl (C=O) groups is 1. The van der Waals surface area contributed by atoms with Crippen LogP contribution in [0.2, 0.25) is 0 Å². The predicted octanol–water partition coefficient (Wildman–Crippen LogP) is 1.25. The average Bonchev–Trinajstić information content (AvgIpc) is 2.90. The lowest BCUT2D eigenvalue weighted by molar-refractivity contribution is 0.0912. The molecule has 0 aliphatic heterocycles. The number of rotatable bonds is 5. The van der Waals surface area contributed by atoms with Crippen molar-refractivity contribution in [1.29, 1.82) is 0 Å². The predicted molar refractivity (Wildman–Crippen MR) is 72.5 cm³/mol. The molecule has 110 valence electrons. The lowest BCUT2D eigenvalue weighted by atomic mass is 10.2. The fraction of sp³-hybridized carbons (Fsp3) is 0.154. The molecule has 3 N–H and O–H groups in total. The molecule has 1 aromatic heterocycles. The van der Waals surface area contributed by atoms with E-state index in [2.05, 4.69) is 15.5 Å². The number of benzene rings is 1. The van der Waals surface area contributed by atoms with Gasteiger partial charge in [0.05, 0.1) is 12.8 Å².